The number of fused-ring (bicyclic) bond motifs is 1. The van der Waals surface area contributed by atoms with Crippen molar-refractivity contribution in [3.8, 4) is 0 Å². The second kappa shape index (κ2) is 7.05. The van der Waals surface area contributed by atoms with Crippen molar-refractivity contribution in [2.24, 2.45) is 0 Å². The SMILES string of the molecule is CNS(=O)(=O)Cc1ccc2[nH]cc(C3=CCN(C)CC3)c2c1.Cl. The Morgan fingerprint density at radius 1 is 1.35 bits per heavy atom. The fourth-order valence-corrected chi connectivity index (χ4v) is 3.59. The Morgan fingerprint density at radius 3 is 2.78 bits per heavy atom. The molecule has 3 rings (SSSR count). The zero-order valence-corrected chi connectivity index (χ0v) is 14.9. The Bertz CT molecular complexity index is 827. The number of benzene rings is 1. The van der Waals surface area contributed by atoms with Gasteiger partial charge in [-0.2, -0.15) is 0 Å². The number of aromatic amines is 1. The Hall–Kier alpha value is -1.34. The van der Waals surface area contributed by atoms with Gasteiger partial charge in [0.25, 0.3) is 0 Å². The van der Waals surface area contributed by atoms with E-state index in [0.717, 1.165) is 36.0 Å². The second-order valence-electron chi connectivity index (χ2n) is 5.79. The van der Waals surface area contributed by atoms with E-state index in [1.165, 1.54) is 18.2 Å². The van der Waals surface area contributed by atoms with Gasteiger partial charge in [-0.15, -0.1) is 12.4 Å². The number of sulfonamides is 1. The molecule has 0 fully saturated rings. The molecular formula is C16H22ClN3O2S. The number of H-pyrrole nitrogens is 1. The number of hydrogen-bond donors (Lipinski definition) is 2. The van der Waals surface area contributed by atoms with Gasteiger partial charge in [0.05, 0.1) is 5.75 Å². The average Bonchev–Trinajstić information content (AvgIpc) is 2.91. The van der Waals surface area contributed by atoms with Crippen LogP contribution in [-0.2, 0) is 15.8 Å². The van der Waals surface area contributed by atoms with Gasteiger partial charge in [0, 0.05) is 35.8 Å². The maximum Gasteiger partial charge on any atom is 0.215 e. The highest BCUT2D eigenvalue weighted by Gasteiger charge is 2.15. The molecular weight excluding hydrogens is 334 g/mol. The van der Waals surface area contributed by atoms with Gasteiger partial charge < -0.3 is 9.88 Å². The van der Waals surface area contributed by atoms with Crippen LogP contribution in [0.1, 0.15) is 17.5 Å². The molecule has 0 spiro atoms. The highest BCUT2D eigenvalue weighted by atomic mass is 35.5. The predicted octanol–water partition coefficient (Wildman–Crippen LogP) is 2.36. The molecule has 0 atom stereocenters. The van der Waals surface area contributed by atoms with Gasteiger partial charge in [0.2, 0.25) is 10.0 Å². The van der Waals surface area contributed by atoms with Gasteiger partial charge in [0.1, 0.15) is 0 Å². The maximum absolute atomic E-state index is 11.7. The highest BCUT2D eigenvalue weighted by molar-refractivity contribution is 7.88. The Morgan fingerprint density at radius 2 is 2.13 bits per heavy atom. The van der Waals surface area contributed by atoms with Crippen molar-refractivity contribution in [3.05, 3.63) is 41.6 Å². The molecule has 0 radical (unpaired) electrons. The van der Waals surface area contributed by atoms with Crippen LogP contribution in [0.4, 0.5) is 0 Å². The van der Waals surface area contributed by atoms with E-state index >= 15 is 0 Å². The molecule has 1 aliphatic heterocycles. The number of halogens is 1. The molecule has 23 heavy (non-hydrogen) atoms. The van der Waals surface area contributed by atoms with Crippen LogP contribution in [0.5, 0.6) is 0 Å². The predicted molar refractivity (Wildman–Crippen MR) is 97.3 cm³/mol. The number of hydrogen-bond acceptors (Lipinski definition) is 3. The molecule has 0 unspecified atom stereocenters. The lowest BCUT2D eigenvalue weighted by Crippen LogP contribution is -2.23. The molecule has 0 aliphatic carbocycles. The van der Waals surface area contributed by atoms with Crippen LogP contribution in [0.25, 0.3) is 16.5 Å². The minimum absolute atomic E-state index is 0. The summed E-state index contributed by atoms with van der Waals surface area (Å²) >= 11 is 0. The minimum Gasteiger partial charge on any atom is -0.361 e. The van der Waals surface area contributed by atoms with Crippen LogP contribution >= 0.6 is 12.4 Å². The zero-order valence-electron chi connectivity index (χ0n) is 13.3. The van der Waals surface area contributed by atoms with E-state index in [1.807, 2.05) is 24.4 Å². The molecule has 1 aromatic carbocycles. The molecule has 2 N–H and O–H groups in total. The first-order valence-corrected chi connectivity index (χ1v) is 9.03. The normalized spacial score (nSPS) is 16.2. The molecule has 1 aromatic heterocycles. The summed E-state index contributed by atoms with van der Waals surface area (Å²) in [5.41, 5.74) is 4.36. The van der Waals surface area contributed by atoms with Crippen molar-refractivity contribution < 1.29 is 8.42 Å². The van der Waals surface area contributed by atoms with Crippen molar-refractivity contribution in [3.63, 3.8) is 0 Å². The summed E-state index contributed by atoms with van der Waals surface area (Å²) in [5, 5.41) is 1.10. The molecule has 2 aromatic rings. The number of aromatic nitrogens is 1. The minimum atomic E-state index is -3.25. The summed E-state index contributed by atoms with van der Waals surface area (Å²) in [7, 11) is 0.307. The second-order valence-corrected chi connectivity index (χ2v) is 7.71. The standard InChI is InChI=1S/C16H21N3O2S.ClH/c1-17-22(20,21)11-12-3-4-16-14(9-12)15(10-18-16)13-5-7-19(2)8-6-13;/h3-5,9-10,17-18H,6-8,11H2,1-2H3;1H. The monoisotopic (exact) mass is 355 g/mol. The third kappa shape index (κ3) is 3.95. The summed E-state index contributed by atoms with van der Waals surface area (Å²) in [5.74, 6) is 0.00580. The van der Waals surface area contributed by atoms with Crippen LogP contribution in [0.2, 0.25) is 0 Å². The Balaban J connectivity index is 0.00000192. The lowest BCUT2D eigenvalue weighted by molar-refractivity contribution is 0.370. The smallest absolute Gasteiger partial charge is 0.215 e. The Kier molecular flexibility index (Phi) is 5.52. The maximum atomic E-state index is 11.7. The van der Waals surface area contributed by atoms with Gasteiger partial charge in [0.15, 0.2) is 0 Å². The molecule has 0 amide bonds. The molecule has 0 bridgehead atoms. The molecule has 5 nitrogen and oxygen atoms in total. The van der Waals surface area contributed by atoms with Crippen LogP contribution in [0, 0.1) is 0 Å². The van der Waals surface area contributed by atoms with Crippen LogP contribution in [0.3, 0.4) is 0 Å². The first kappa shape index (κ1) is 18.0. The van der Waals surface area contributed by atoms with Crippen molar-refractivity contribution in [2.45, 2.75) is 12.2 Å². The Labute approximate surface area is 143 Å². The van der Waals surface area contributed by atoms with Gasteiger partial charge in [-0.3, -0.25) is 0 Å². The summed E-state index contributed by atoms with van der Waals surface area (Å²) < 4.78 is 25.8. The largest absolute Gasteiger partial charge is 0.361 e. The molecule has 0 saturated heterocycles. The van der Waals surface area contributed by atoms with E-state index in [4.69, 9.17) is 0 Å². The van der Waals surface area contributed by atoms with Crippen molar-refractivity contribution in [1.29, 1.82) is 0 Å². The highest BCUT2D eigenvalue weighted by Crippen LogP contribution is 2.30. The van der Waals surface area contributed by atoms with E-state index < -0.39 is 10.0 Å². The molecule has 7 heteroatoms. The molecule has 2 heterocycles. The molecule has 126 valence electrons. The van der Waals surface area contributed by atoms with E-state index in [9.17, 15) is 8.42 Å². The topological polar surface area (TPSA) is 65.2 Å². The summed E-state index contributed by atoms with van der Waals surface area (Å²) in [4.78, 5) is 5.56. The molecule has 0 saturated carbocycles. The van der Waals surface area contributed by atoms with E-state index in [-0.39, 0.29) is 18.2 Å². The molecule has 1 aliphatic rings. The van der Waals surface area contributed by atoms with E-state index in [1.54, 1.807) is 0 Å². The zero-order chi connectivity index (χ0) is 15.7. The fraction of sp³-hybridized carbons (Fsp3) is 0.375. The third-order valence-electron chi connectivity index (χ3n) is 4.17. The quantitative estimate of drug-likeness (QED) is 0.884. The third-order valence-corrected chi connectivity index (χ3v) is 5.51. The van der Waals surface area contributed by atoms with E-state index in [0.29, 0.717) is 0 Å². The van der Waals surface area contributed by atoms with Crippen molar-refractivity contribution in [1.82, 2.24) is 14.6 Å². The number of likely N-dealkylation sites (N-methyl/N-ethyl adjacent to an activating group) is 1. The van der Waals surface area contributed by atoms with Crippen LogP contribution < -0.4 is 4.72 Å². The van der Waals surface area contributed by atoms with Gasteiger partial charge in [-0.05, 0) is 43.8 Å². The number of nitrogens with one attached hydrogen (secondary N) is 2. The van der Waals surface area contributed by atoms with Crippen molar-refractivity contribution >= 4 is 38.9 Å². The number of rotatable bonds is 4. The van der Waals surface area contributed by atoms with Gasteiger partial charge >= 0.3 is 0 Å². The summed E-state index contributed by atoms with van der Waals surface area (Å²) in [6, 6.07) is 5.80. The van der Waals surface area contributed by atoms with E-state index in [2.05, 4.69) is 27.7 Å². The lowest BCUT2D eigenvalue weighted by Gasteiger charge is -2.21. The summed E-state index contributed by atoms with van der Waals surface area (Å²) in [6.07, 6.45) is 5.30. The average molecular weight is 356 g/mol. The first-order valence-electron chi connectivity index (χ1n) is 7.38. The van der Waals surface area contributed by atoms with Crippen molar-refractivity contribution in [2.75, 3.05) is 27.2 Å². The van der Waals surface area contributed by atoms with Crippen LogP contribution in [0.15, 0.2) is 30.5 Å². The lowest BCUT2D eigenvalue weighted by atomic mass is 9.98. The first-order chi connectivity index (χ1) is 10.5. The van der Waals surface area contributed by atoms with Gasteiger partial charge in [-0.25, -0.2) is 13.1 Å². The van der Waals surface area contributed by atoms with Gasteiger partial charge in [-0.1, -0.05) is 12.1 Å². The fourth-order valence-electron chi connectivity index (χ4n) is 2.83. The van der Waals surface area contributed by atoms with Crippen LogP contribution in [-0.4, -0.2) is 45.5 Å². The summed E-state index contributed by atoms with van der Waals surface area (Å²) in [6.45, 7) is 2.00. The number of nitrogens with zero attached hydrogens (tertiary/aromatic N) is 1.